The second-order valence-corrected chi connectivity index (χ2v) is 4.17. The van der Waals surface area contributed by atoms with E-state index in [2.05, 4.69) is 34.8 Å². The maximum atomic E-state index is 5.80. The molecule has 0 saturated heterocycles. The molecule has 0 aliphatic carbocycles. The standard InChI is InChI=1S/C10H13BrClN/c1-8(7-11)13(2)10-5-3-9(12)4-6-10/h3-6,8H,7H2,1-2H3. The molecular formula is C10H13BrClN. The molecule has 1 atom stereocenters. The van der Waals surface area contributed by atoms with Crippen LogP contribution in [0.5, 0.6) is 0 Å². The van der Waals surface area contributed by atoms with Crippen molar-refractivity contribution in [2.45, 2.75) is 13.0 Å². The predicted molar refractivity (Wildman–Crippen MR) is 63.1 cm³/mol. The molecule has 0 bridgehead atoms. The van der Waals surface area contributed by atoms with Gasteiger partial charge >= 0.3 is 0 Å². The monoisotopic (exact) mass is 261 g/mol. The van der Waals surface area contributed by atoms with Gasteiger partial charge in [0.25, 0.3) is 0 Å². The topological polar surface area (TPSA) is 3.24 Å². The van der Waals surface area contributed by atoms with E-state index in [9.17, 15) is 0 Å². The molecule has 1 unspecified atom stereocenters. The number of hydrogen-bond acceptors (Lipinski definition) is 1. The summed E-state index contributed by atoms with van der Waals surface area (Å²) in [6.07, 6.45) is 0. The molecule has 0 fully saturated rings. The Morgan fingerprint density at radius 3 is 2.38 bits per heavy atom. The molecule has 1 aromatic rings. The summed E-state index contributed by atoms with van der Waals surface area (Å²) in [7, 11) is 2.08. The van der Waals surface area contributed by atoms with Crippen LogP contribution < -0.4 is 4.90 Å². The first-order valence-electron chi connectivity index (χ1n) is 4.19. The van der Waals surface area contributed by atoms with Gasteiger partial charge in [-0.3, -0.25) is 0 Å². The van der Waals surface area contributed by atoms with Gasteiger partial charge in [-0.1, -0.05) is 27.5 Å². The molecule has 72 valence electrons. The van der Waals surface area contributed by atoms with Crippen molar-refractivity contribution in [1.82, 2.24) is 0 Å². The lowest BCUT2D eigenvalue weighted by atomic mass is 10.2. The molecule has 3 heteroatoms. The van der Waals surface area contributed by atoms with E-state index in [0.29, 0.717) is 6.04 Å². The lowest BCUT2D eigenvalue weighted by molar-refractivity contribution is 0.769. The van der Waals surface area contributed by atoms with Crippen molar-refractivity contribution in [2.75, 3.05) is 17.3 Å². The molecule has 1 aromatic carbocycles. The summed E-state index contributed by atoms with van der Waals surface area (Å²) in [6, 6.07) is 8.37. The largest absolute Gasteiger partial charge is 0.371 e. The number of halogens is 2. The first-order valence-corrected chi connectivity index (χ1v) is 5.69. The zero-order valence-electron chi connectivity index (χ0n) is 7.80. The van der Waals surface area contributed by atoms with Crippen LogP contribution in [-0.2, 0) is 0 Å². The Morgan fingerprint density at radius 2 is 1.92 bits per heavy atom. The fraction of sp³-hybridized carbons (Fsp3) is 0.400. The second-order valence-electron chi connectivity index (χ2n) is 3.09. The molecule has 0 heterocycles. The van der Waals surface area contributed by atoms with E-state index >= 15 is 0 Å². The molecule has 0 N–H and O–H groups in total. The molecule has 13 heavy (non-hydrogen) atoms. The van der Waals surface area contributed by atoms with Crippen LogP contribution >= 0.6 is 27.5 Å². The van der Waals surface area contributed by atoms with Gasteiger partial charge in [-0.15, -0.1) is 0 Å². The average Bonchev–Trinajstić information content (AvgIpc) is 2.17. The minimum absolute atomic E-state index is 0.487. The lowest BCUT2D eigenvalue weighted by Gasteiger charge is -2.25. The smallest absolute Gasteiger partial charge is 0.0407 e. The van der Waals surface area contributed by atoms with Gasteiger partial charge in [0.15, 0.2) is 0 Å². The average molecular weight is 263 g/mol. The van der Waals surface area contributed by atoms with Gasteiger partial charge in [0, 0.05) is 29.1 Å². The predicted octanol–water partition coefficient (Wildman–Crippen LogP) is 3.56. The quantitative estimate of drug-likeness (QED) is 0.753. The third kappa shape index (κ3) is 2.89. The molecule has 0 aromatic heterocycles. The van der Waals surface area contributed by atoms with Gasteiger partial charge < -0.3 is 4.90 Å². The highest BCUT2D eigenvalue weighted by Crippen LogP contribution is 2.18. The van der Waals surface area contributed by atoms with E-state index in [1.54, 1.807) is 0 Å². The van der Waals surface area contributed by atoms with Gasteiger partial charge in [0.05, 0.1) is 0 Å². The summed E-state index contributed by atoms with van der Waals surface area (Å²) in [4.78, 5) is 2.21. The number of rotatable bonds is 3. The number of alkyl halides is 1. The fourth-order valence-electron chi connectivity index (χ4n) is 1.03. The Bertz CT molecular complexity index is 260. The Balaban J connectivity index is 2.77. The molecule has 0 amide bonds. The minimum Gasteiger partial charge on any atom is -0.371 e. The van der Waals surface area contributed by atoms with E-state index in [0.717, 1.165) is 10.4 Å². The molecule has 0 saturated carbocycles. The zero-order valence-corrected chi connectivity index (χ0v) is 10.1. The Morgan fingerprint density at radius 1 is 1.38 bits per heavy atom. The van der Waals surface area contributed by atoms with Crippen LogP contribution in [0.25, 0.3) is 0 Å². The van der Waals surface area contributed by atoms with Crippen molar-refractivity contribution in [3.05, 3.63) is 29.3 Å². The summed E-state index contributed by atoms with van der Waals surface area (Å²) >= 11 is 9.26. The summed E-state index contributed by atoms with van der Waals surface area (Å²) in [5.41, 5.74) is 1.19. The van der Waals surface area contributed by atoms with Gasteiger partial charge in [0.1, 0.15) is 0 Å². The van der Waals surface area contributed by atoms with Crippen LogP contribution in [0, 0.1) is 0 Å². The second kappa shape index (κ2) is 4.87. The lowest BCUT2D eigenvalue weighted by Crippen LogP contribution is -2.29. The number of anilines is 1. The maximum Gasteiger partial charge on any atom is 0.0407 e. The van der Waals surface area contributed by atoms with Gasteiger partial charge in [0.2, 0.25) is 0 Å². The summed E-state index contributed by atoms with van der Waals surface area (Å²) < 4.78 is 0. The van der Waals surface area contributed by atoms with Crippen molar-refractivity contribution in [3.8, 4) is 0 Å². The van der Waals surface area contributed by atoms with Crippen molar-refractivity contribution in [3.63, 3.8) is 0 Å². The van der Waals surface area contributed by atoms with Gasteiger partial charge in [-0.2, -0.15) is 0 Å². The number of benzene rings is 1. The fourth-order valence-corrected chi connectivity index (χ4v) is 1.59. The van der Waals surface area contributed by atoms with E-state index in [1.165, 1.54) is 5.69 Å². The van der Waals surface area contributed by atoms with Gasteiger partial charge in [-0.05, 0) is 31.2 Å². The van der Waals surface area contributed by atoms with E-state index in [-0.39, 0.29) is 0 Å². The Hall–Kier alpha value is -0.210. The maximum absolute atomic E-state index is 5.80. The summed E-state index contributed by atoms with van der Waals surface area (Å²) in [6.45, 7) is 2.17. The molecule has 0 aliphatic rings. The highest BCUT2D eigenvalue weighted by Gasteiger charge is 2.07. The normalized spacial score (nSPS) is 12.6. The molecular weight excluding hydrogens is 249 g/mol. The molecule has 1 rings (SSSR count). The first-order chi connectivity index (χ1) is 6.15. The van der Waals surface area contributed by atoms with Crippen LogP contribution in [-0.4, -0.2) is 18.4 Å². The van der Waals surface area contributed by atoms with Crippen LogP contribution in [0.3, 0.4) is 0 Å². The SMILES string of the molecule is CC(CBr)N(C)c1ccc(Cl)cc1. The molecule has 0 radical (unpaired) electrons. The van der Waals surface area contributed by atoms with E-state index < -0.39 is 0 Å². The van der Waals surface area contributed by atoms with Crippen molar-refractivity contribution < 1.29 is 0 Å². The van der Waals surface area contributed by atoms with Crippen LogP contribution in [0.4, 0.5) is 5.69 Å². The van der Waals surface area contributed by atoms with E-state index in [4.69, 9.17) is 11.6 Å². The third-order valence-corrected chi connectivity index (χ3v) is 3.31. The van der Waals surface area contributed by atoms with Crippen LogP contribution in [0.1, 0.15) is 6.92 Å². The highest BCUT2D eigenvalue weighted by molar-refractivity contribution is 9.09. The first kappa shape index (κ1) is 10.9. The zero-order chi connectivity index (χ0) is 9.84. The minimum atomic E-state index is 0.487. The van der Waals surface area contributed by atoms with Crippen molar-refractivity contribution in [1.29, 1.82) is 0 Å². The number of hydrogen-bond donors (Lipinski definition) is 0. The molecule has 0 spiro atoms. The number of nitrogens with zero attached hydrogens (tertiary/aromatic N) is 1. The van der Waals surface area contributed by atoms with Crippen LogP contribution in [0.15, 0.2) is 24.3 Å². The van der Waals surface area contributed by atoms with Crippen molar-refractivity contribution >= 4 is 33.2 Å². The van der Waals surface area contributed by atoms with E-state index in [1.807, 2.05) is 24.3 Å². The Labute approximate surface area is 92.8 Å². The third-order valence-electron chi connectivity index (χ3n) is 2.12. The summed E-state index contributed by atoms with van der Waals surface area (Å²) in [5.74, 6) is 0. The molecule has 0 aliphatic heterocycles. The molecule has 1 nitrogen and oxygen atoms in total. The van der Waals surface area contributed by atoms with Gasteiger partial charge in [-0.25, -0.2) is 0 Å². The van der Waals surface area contributed by atoms with Crippen LogP contribution in [0.2, 0.25) is 5.02 Å². The van der Waals surface area contributed by atoms with Crippen molar-refractivity contribution in [2.24, 2.45) is 0 Å². The Kier molecular flexibility index (Phi) is 4.07. The summed E-state index contributed by atoms with van der Waals surface area (Å²) in [5, 5.41) is 1.75. The highest BCUT2D eigenvalue weighted by atomic mass is 79.9.